The second-order valence-corrected chi connectivity index (χ2v) is 6.86. The van der Waals surface area contributed by atoms with E-state index in [-0.39, 0.29) is 16.6 Å². The Morgan fingerprint density at radius 2 is 2.14 bits per heavy atom. The maximum absolute atomic E-state index is 12.3. The second-order valence-electron chi connectivity index (χ2n) is 4.18. The summed E-state index contributed by atoms with van der Waals surface area (Å²) in [5.41, 5.74) is 0.671. The summed E-state index contributed by atoms with van der Waals surface area (Å²) in [5, 5.41) is 8.92. The molecule has 0 spiro atoms. The summed E-state index contributed by atoms with van der Waals surface area (Å²) < 4.78 is 27.0. The van der Waals surface area contributed by atoms with Crippen LogP contribution >= 0.6 is 11.3 Å². The minimum Gasteiger partial charge on any atom is -0.395 e. The number of anilines is 1. The summed E-state index contributed by atoms with van der Waals surface area (Å²) in [7, 11) is -3.65. The molecule has 0 aliphatic carbocycles. The Morgan fingerprint density at radius 1 is 1.38 bits per heavy atom. The number of aromatic nitrogens is 1. The molecule has 0 aliphatic heterocycles. The van der Waals surface area contributed by atoms with Gasteiger partial charge in [0.1, 0.15) is 0 Å². The first-order valence-electron chi connectivity index (χ1n) is 6.17. The third-order valence-electron chi connectivity index (χ3n) is 2.56. The summed E-state index contributed by atoms with van der Waals surface area (Å²) in [6.07, 6.45) is 1.88. The van der Waals surface area contributed by atoms with Gasteiger partial charge in [0, 0.05) is 6.42 Å². The van der Waals surface area contributed by atoms with Crippen LogP contribution in [0.2, 0.25) is 0 Å². The lowest BCUT2D eigenvalue weighted by Gasteiger charge is -2.07. The lowest BCUT2D eigenvalue weighted by atomic mass is 10.2. The highest BCUT2D eigenvalue weighted by molar-refractivity contribution is 7.93. The number of nitrogens with one attached hydrogen (secondary N) is 1. The SMILES string of the molecule is Cc1ccccc1S(=O)(=O)Nc1ncc(C#CCCO)s1. The predicted molar refractivity (Wildman–Crippen MR) is 82.7 cm³/mol. The highest BCUT2D eigenvalue weighted by Gasteiger charge is 2.17. The fourth-order valence-electron chi connectivity index (χ4n) is 1.61. The van der Waals surface area contributed by atoms with Gasteiger partial charge >= 0.3 is 0 Å². The monoisotopic (exact) mass is 322 g/mol. The summed E-state index contributed by atoms with van der Waals surface area (Å²) >= 11 is 1.15. The molecule has 1 heterocycles. The molecule has 0 amide bonds. The van der Waals surface area contributed by atoms with Gasteiger partial charge in [-0.3, -0.25) is 4.72 Å². The lowest BCUT2D eigenvalue weighted by Crippen LogP contribution is -2.13. The third-order valence-corrected chi connectivity index (χ3v) is 5.02. The molecule has 5 nitrogen and oxygen atoms in total. The Balaban J connectivity index is 2.19. The number of benzene rings is 1. The van der Waals surface area contributed by atoms with Crippen LogP contribution in [-0.2, 0) is 10.0 Å². The molecule has 0 saturated carbocycles. The molecule has 0 unspecified atom stereocenters. The van der Waals surface area contributed by atoms with Crippen LogP contribution in [0.1, 0.15) is 16.9 Å². The van der Waals surface area contributed by atoms with Gasteiger partial charge in [-0.15, -0.1) is 0 Å². The van der Waals surface area contributed by atoms with Crippen LogP contribution < -0.4 is 4.72 Å². The molecule has 2 N–H and O–H groups in total. The molecular weight excluding hydrogens is 308 g/mol. The van der Waals surface area contributed by atoms with Gasteiger partial charge in [-0.1, -0.05) is 41.4 Å². The van der Waals surface area contributed by atoms with Crippen LogP contribution in [0.5, 0.6) is 0 Å². The minimum atomic E-state index is -3.65. The van der Waals surface area contributed by atoms with Gasteiger partial charge < -0.3 is 5.11 Å². The van der Waals surface area contributed by atoms with Crippen molar-refractivity contribution >= 4 is 26.5 Å². The number of hydrogen-bond acceptors (Lipinski definition) is 5. The molecule has 1 aromatic heterocycles. The van der Waals surface area contributed by atoms with Crippen LogP contribution in [0, 0.1) is 18.8 Å². The number of sulfonamides is 1. The maximum Gasteiger partial charge on any atom is 0.263 e. The van der Waals surface area contributed by atoms with Gasteiger partial charge in [0.05, 0.1) is 22.6 Å². The van der Waals surface area contributed by atoms with Crippen molar-refractivity contribution in [1.82, 2.24) is 4.98 Å². The fraction of sp³-hybridized carbons (Fsp3) is 0.214. The van der Waals surface area contributed by atoms with Crippen LogP contribution in [0.4, 0.5) is 5.13 Å². The highest BCUT2D eigenvalue weighted by atomic mass is 32.2. The van der Waals surface area contributed by atoms with Crippen molar-refractivity contribution < 1.29 is 13.5 Å². The molecule has 0 bridgehead atoms. The summed E-state index contributed by atoms with van der Waals surface area (Å²) in [4.78, 5) is 4.87. The Hall–Kier alpha value is -1.88. The van der Waals surface area contributed by atoms with Crippen molar-refractivity contribution in [2.24, 2.45) is 0 Å². The number of rotatable bonds is 4. The Kier molecular flexibility index (Phi) is 4.96. The van der Waals surface area contributed by atoms with E-state index in [1.807, 2.05) is 0 Å². The van der Waals surface area contributed by atoms with E-state index in [0.717, 1.165) is 11.3 Å². The first-order chi connectivity index (χ1) is 10.0. The molecule has 1 aromatic carbocycles. The largest absolute Gasteiger partial charge is 0.395 e. The number of thiazole rings is 1. The van der Waals surface area contributed by atoms with Crippen LogP contribution in [0.15, 0.2) is 35.4 Å². The molecule has 2 aromatic rings. The molecule has 21 heavy (non-hydrogen) atoms. The Bertz CT molecular complexity index is 786. The fourth-order valence-corrected chi connectivity index (χ4v) is 3.79. The van der Waals surface area contributed by atoms with E-state index in [1.54, 1.807) is 31.2 Å². The standard InChI is InChI=1S/C14H14N2O3S2/c1-11-6-2-3-8-13(11)21(18,19)16-14-15-10-12(20-14)7-4-5-9-17/h2-3,6,8,10,17H,5,9H2,1H3,(H,15,16). The van der Waals surface area contributed by atoms with E-state index in [0.29, 0.717) is 16.9 Å². The number of hydrogen-bond donors (Lipinski definition) is 2. The van der Waals surface area contributed by atoms with E-state index in [2.05, 4.69) is 21.5 Å². The molecule has 2 rings (SSSR count). The first-order valence-corrected chi connectivity index (χ1v) is 8.47. The topological polar surface area (TPSA) is 79.3 Å². The molecule has 0 saturated heterocycles. The molecule has 0 aliphatic rings. The van der Waals surface area contributed by atoms with Crippen LogP contribution in [0.25, 0.3) is 0 Å². The van der Waals surface area contributed by atoms with Gasteiger partial charge in [-0.05, 0) is 18.6 Å². The van der Waals surface area contributed by atoms with Crippen molar-refractivity contribution in [2.45, 2.75) is 18.2 Å². The average molecular weight is 322 g/mol. The van der Waals surface area contributed by atoms with Crippen LogP contribution in [0.3, 0.4) is 0 Å². The van der Waals surface area contributed by atoms with Gasteiger partial charge in [-0.25, -0.2) is 13.4 Å². The normalized spacial score (nSPS) is 10.8. The Morgan fingerprint density at radius 3 is 2.86 bits per heavy atom. The number of aliphatic hydroxyl groups is 1. The zero-order valence-corrected chi connectivity index (χ0v) is 13.0. The maximum atomic E-state index is 12.3. The lowest BCUT2D eigenvalue weighted by molar-refractivity contribution is 0.305. The number of nitrogens with zero attached hydrogens (tertiary/aromatic N) is 1. The Labute approximate surface area is 127 Å². The molecule has 0 fully saturated rings. The smallest absolute Gasteiger partial charge is 0.263 e. The molecule has 0 atom stereocenters. The second kappa shape index (κ2) is 6.72. The first kappa shape index (κ1) is 15.5. The number of aryl methyl sites for hydroxylation is 1. The van der Waals surface area contributed by atoms with E-state index < -0.39 is 10.0 Å². The van der Waals surface area contributed by atoms with E-state index >= 15 is 0 Å². The summed E-state index contributed by atoms with van der Waals surface area (Å²) in [6.45, 7) is 1.74. The third kappa shape index (κ3) is 4.04. The predicted octanol–water partition coefficient (Wildman–Crippen LogP) is 1.99. The van der Waals surface area contributed by atoms with Crippen molar-refractivity contribution in [2.75, 3.05) is 11.3 Å². The van der Waals surface area contributed by atoms with Crippen molar-refractivity contribution in [3.63, 3.8) is 0 Å². The minimum absolute atomic E-state index is 0.00141. The quantitative estimate of drug-likeness (QED) is 0.844. The van der Waals surface area contributed by atoms with Gasteiger partial charge in [0.2, 0.25) is 0 Å². The molecule has 0 radical (unpaired) electrons. The highest BCUT2D eigenvalue weighted by Crippen LogP contribution is 2.22. The van der Waals surface area contributed by atoms with E-state index in [4.69, 9.17) is 5.11 Å². The van der Waals surface area contributed by atoms with Crippen molar-refractivity contribution in [3.8, 4) is 11.8 Å². The number of aliphatic hydroxyl groups excluding tert-OH is 1. The van der Waals surface area contributed by atoms with E-state index in [1.165, 1.54) is 6.20 Å². The molecule has 110 valence electrons. The zero-order valence-electron chi connectivity index (χ0n) is 11.3. The zero-order chi connectivity index (χ0) is 15.3. The van der Waals surface area contributed by atoms with E-state index in [9.17, 15) is 8.42 Å². The van der Waals surface area contributed by atoms with Gasteiger partial charge in [-0.2, -0.15) is 0 Å². The summed E-state index contributed by atoms with van der Waals surface area (Å²) in [5.74, 6) is 5.58. The molecular formula is C14H14N2O3S2. The van der Waals surface area contributed by atoms with Crippen LogP contribution in [-0.4, -0.2) is 25.1 Å². The van der Waals surface area contributed by atoms with Gasteiger partial charge in [0.25, 0.3) is 10.0 Å². The summed E-state index contributed by atoms with van der Waals surface area (Å²) in [6, 6.07) is 6.75. The van der Waals surface area contributed by atoms with Crippen molar-refractivity contribution in [3.05, 3.63) is 40.9 Å². The van der Waals surface area contributed by atoms with Gasteiger partial charge in [0.15, 0.2) is 5.13 Å². The average Bonchev–Trinajstić information content (AvgIpc) is 2.86. The molecule has 7 heteroatoms. The van der Waals surface area contributed by atoms with Crippen molar-refractivity contribution in [1.29, 1.82) is 0 Å².